The van der Waals surface area contributed by atoms with Crippen molar-refractivity contribution in [2.75, 3.05) is 39.3 Å². The van der Waals surface area contributed by atoms with Crippen LogP contribution in [0.2, 0.25) is 0 Å². The van der Waals surface area contributed by atoms with E-state index in [4.69, 9.17) is 5.73 Å². The van der Waals surface area contributed by atoms with Crippen LogP contribution in [0.15, 0.2) is 0 Å². The molecule has 0 aromatic rings. The molecular formula is C14H28N4O. The van der Waals surface area contributed by atoms with Gasteiger partial charge in [-0.2, -0.15) is 0 Å². The third kappa shape index (κ3) is 4.16. The summed E-state index contributed by atoms with van der Waals surface area (Å²) in [4.78, 5) is 16.4. The van der Waals surface area contributed by atoms with Crippen molar-refractivity contribution in [1.29, 1.82) is 0 Å². The molecule has 0 spiro atoms. The number of piperidine rings is 1. The van der Waals surface area contributed by atoms with Gasteiger partial charge in [-0.3, -0.25) is 14.6 Å². The zero-order valence-corrected chi connectivity index (χ0v) is 12.1. The Kier molecular flexibility index (Phi) is 5.60. The van der Waals surface area contributed by atoms with E-state index in [9.17, 15) is 4.79 Å². The van der Waals surface area contributed by atoms with E-state index in [2.05, 4.69) is 15.1 Å². The van der Waals surface area contributed by atoms with Crippen LogP contribution in [0.3, 0.4) is 0 Å². The number of hydrogen-bond donors (Lipinski definition) is 2. The van der Waals surface area contributed by atoms with Gasteiger partial charge in [0, 0.05) is 19.1 Å². The molecule has 1 amide bonds. The number of carbonyl (C=O) groups excluding carboxylic acids is 1. The lowest BCUT2D eigenvalue weighted by atomic mass is 10.1. The first-order chi connectivity index (χ1) is 9.20. The van der Waals surface area contributed by atoms with Crippen molar-refractivity contribution >= 4 is 5.91 Å². The second-order valence-electron chi connectivity index (χ2n) is 5.81. The Morgan fingerprint density at radius 2 is 2.05 bits per heavy atom. The molecule has 2 fully saturated rings. The maximum atomic E-state index is 11.4. The molecule has 0 aromatic heterocycles. The van der Waals surface area contributed by atoms with Crippen LogP contribution in [0, 0.1) is 0 Å². The van der Waals surface area contributed by atoms with Gasteiger partial charge >= 0.3 is 0 Å². The summed E-state index contributed by atoms with van der Waals surface area (Å²) in [5.74, 6) is -0.233. The molecule has 3 N–H and O–H groups in total. The number of amides is 1. The minimum Gasteiger partial charge on any atom is -0.368 e. The number of carbonyl (C=O) groups is 1. The van der Waals surface area contributed by atoms with Gasteiger partial charge in [-0.05, 0) is 45.4 Å². The Hall–Kier alpha value is -0.650. The second-order valence-corrected chi connectivity index (χ2v) is 5.81. The number of hydrogen-bond acceptors (Lipinski definition) is 4. The summed E-state index contributed by atoms with van der Waals surface area (Å²) in [5, 5.41) is 3.17. The molecule has 2 rings (SSSR count). The van der Waals surface area contributed by atoms with E-state index in [1.54, 1.807) is 0 Å². The summed E-state index contributed by atoms with van der Waals surface area (Å²) in [7, 11) is 0. The van der Waals surface area contributed by atoms with Crippen molar-refractivity contribution in [2.45, 2.75) is 44.7 Å². The zero-order chi connectivity index (χ0) is 13.7. The Morgan fingerprint density at radius 3 is 2.68 bits per heavy atom. The SMILES string of the molecule is CCNC(CN1CCC(N2CCCCC2)C1)C(N)=O. The molecule has 5 heteroatoms. The summed E-state index contributed by atoms with van der Waals surface area (Å²) in [6.45, 7) is 8.25. The average molecular weight is 268 g/mol. The molecule has 2 saturated heterocycles. The van der Waals surface area contributed by atoms with Gasteiger partial charge in [0.2, 0.25) is 5.91 Å². The Balaban J connectivity index is 1.78. The third-order valence-corrected chi connectivity index (χ3v) is 4.39. The number of likely N-dealkylation sites (tertiary alicyclic amines) is 2. The standard InChI is InChI=1S/C14H28N4O/c1-2-16-13(14(15)19)11-17-9-6-12(10-17)18-7-4-3-5-8-18/h12-13,16H,2-11H2,1H3,(H2,15,19). The maximum Gasteiger partial charge on any atom is 0.235 e. The van der Waals surface area contributed by atoms with Crippen molar-refractivity contribution in [3.8, 4) is 0 Å². The zero-order valence-electron chi connectivity index (χ0n) is 12.1. The lowest BCUT2D eigenvalue weighted by Crippen LogP contribution is -2.49. The predicted molar refractivity (Wildman–Crippen MR) is 76.9 cm³/mol. The molecule has 0 aromatic carbocycles. The van der Waals surface area contributed by atoms with E-state index in [1.165, 1.54) is 38.8 Å². The number of likely N-dealkylation sites (N-methyl/N-ethyl adjacent to an activating group) is 1. The molecule has 0 aliphatic carbocycles. The average Bonchev–Trinajstić information content (AvgIpc) is 2.88. The van der Waals surface area contributed by atoms with Crippen molar-refractivity contribution in [3.63, 3.8) is 0 Å². The van der Waals surface area contributed by atoms with E-state index in [0.717, 1.165) is 26.2 Å². The van der Waals surface area contributed by atoms with E-state index in [0.29, 0.717) is 6.04 Å². The van der Waals surface area contributed by atoms with Gasteiger partial charge in [0.05, 0.1) is 6.04 Å². The lowest BCUT2D eigenvalue weighted by Gasteiger charge is -2.32. The van der Waals surface area contributed by atoms with Gasteiger partial charge in [0.1, 0.15) is 0 Å². The van der Waals surface area contributed by atoms with Crippen LogP contribution in [-0.4, -0.2) is 67.1 Å². The van der Waals surface area contributed by atoms with Gasteiger partial charge in [-0.1, -0.05) is 13.3 Å². The van der Waals surface area contributed by atoms with E-state index in [-0.39, 0.29) is 11.9 Å². The molecule has 2 atom stereocenters. The van der Waals surface area contributed by atoms with E-state index >= 15 is 0 Å². The lowest BCUT2D eigenvalue weighted by molar-refractivity contribution is -0.120. The Labute approximate surface area is 116 Å². The molecule has 0 saturated carbocycles. The van der Waals surface area contributed by atoms with Crippen LogP contribution in [-0.2, 0) is 4.79 Å². The first kappa shape index (κ1) is 14.8. The van der Waals surface area contributed by atoms with Gasteiger partial charge in [0.25, 0.3) is 0 Å². The molecule has 2 unspecified atom stereocenters. The summed E-state index contributed by atoms with van der Waals surface area (Å²) in [5.41, 5.74) is 5.44. The van der Waals surface area contributed by atoms with Crippen LogP contribution < -0.4 is 11.1 Å². The normalized spacial score (nSPS) is 27.5. The van der Waals surface area contributed by atoms with Gasteiger partial charge in [-0.25, -0.2) is 0 Å². The van der Waals surface area contributed by atoms with Crippen molar-refractivity contribution in [3.05, 3.63) is 0 Å². The molecule has 110 valence electrons. The van der Waals surface area contributed by atoms with Crippen LogP contribution in [0.4, 0.5) is 0 Å². The number of nitrogens with two attached hydrogens (primary N) is 1. The van der Waals surface area contributed by atoms with Crippen molar-refractivity contribution < 1.29 is 4.79 Å². The fraction of sp³-hybridized carbons (Fsp3) is 0.929. The summed E-state index contributed by atoms with van der Waals surface area (Å²) < 4.78 is 0. The quantitative estimate of drug-likeness (QED) is 0.712. The smallest absolute Gasteiger partial charge is 0.235 e. The summed E-state index contributed by atoms with van der Waals surface area (Å²) >= 11 is 0. The summed E-state index contributed by atoms with van der Waals surface area (Å²) in [6.07, 6.45) is 5.31. The van der Waals surface area contributed by atoms with Gasteiger partial charge < -0.3 is 11.1 Å². The topological polar surface area (TPSA) is 61.6 Å². The number of primary amides is 1. The number of rotatable bonds is 6. The van der Waals surface area contributed by atoms with Crippen LogP contribution in [0.25, 0.3) is 0 Å². The molecular weight excluding hydrogens is 240 g/mol. The minimum atomic E-state index is -0.233. The minimum absolute atomic E-state index is 0.204. The maximum absolute atomic E-state index is 11.4. The van der Waals surface area contributed by atoms with Crippen LogP contribution >= 0.6 is 0 Å². The molecule has 19 heavy (non-hydrogen) atoms. The molecule has 0 radical (unpaired) electrons. The highest BCUT2D eigenvalue weighted by molar-refractivity contribution is 5.80. The predicted octanol–water partition coefficient (Wildman–Crippen LogP) is 0.0100. The molecule has 5 nitrogen and oxygen atoms in total. The molecule has 2 aliphatic rings. The van der Waals surface area contributed by atoms with Crippen LogP contribution in [0.5, 0.6) is 0 Å². The fourth-order valence-electron chi connectivity index (χ4n) is 3.32. The van der Waals surface area contributed by atoms with Gasteiger partial charge in [-0.15, -0.1) is 0 Å². The third-order valence-electron chi connectivity index (χ3n) is 4.39. The molecule has 0 bridgehead atoms. The largest absolute Gasteiger partial charge is 0.368 e. The van der Waals surface area contributed by atoms with Crippen LogP contribution in [0.1, 0.15) is 32.6 Å². The fourth-order valence-corrected chi connectivity index (χ4v) is 3.32. The highest BCUT2D eigenvalue weighted by atomic mass is 16.1. The monoisotopic (exact) mass is 268 g/mol. The highest BCUT2D eigenvalue weighted by Gasteiger charge is 2.30. The van der Waals surface area contributed by atoms with Crippen molar-refractivity contribution in [2.24, 2.45) is 5.73 Å². The Bertz CT molecular complexity index is 291. The second kappa shape index (κ2) is 7.22. The molecule has 2 aliphatic heterocycles. The highest BCUT2D eigenvalue weighted by Crippen LogP contribution is 2.20. The first-order valence-electron chi connectivity index (χ1n) is 7.69. The van der Waals surface area contributed by atoms with Gasteiger partial charge in [0.15, 0.2) is 0 Å². The molecule has 2 heterocycles. The van der Waals surface area contributed by atoms with Crippen molar-refractivity contribution in [1.82, 2.24) is 15.1 Å². The van der Waals surface area contributed by atoms with E-state index < -0.39 is 0 Å². The number of nitrogens with zero attached hydrogens (tertiary/aromatic N) is 2. The first-order valence-corrected chi connectivity index (χ1v) is 7.69. The number of nitrogens with one attached hydrogen (secondary N) is 1. The summed E-state index contributed by atoms with van der Waals surface area (Å²) in [6, 6.07) is 0.487. The van der Waals surface area contributed by atoms with E-state index in [1.807, 2.05) is 6.92 Å². The Morgan fingerprint density at radius 1 is 1.32 bits per heavy atom.